The van der Waals surface area contributed by atoms with Crippen LogP contribution in [-0.4, -0.2) is 24.1 Å². The zero-order valence-electron chi connectivity index (χ0n) is 13.3. The van der Waals surface area contributed by atoms with Gasteiger partial charge in [-0.25, -0.2) is 0 Å². The lowest BCUT2D eigenvalue weighted by atomic mass is 10.1. The number of hydrogen-bond donors (Lipinski definition) is 2. The van der Waals surface area contributed by atoms with Crippen molar-refractivity contribution in [2.24, 2.45) is 0 Å². The number of amides is 1. The molecule has 5 nitrogen and oxygen atoms in total. The van der Waals surface area contributed by atoms with Gasteiger partial charge in [-0.05, 0) is 16.8 Å². The van der Waals surface area contributed by atoms with E-state index in [2.05, 4.69) is 34.4 Å². The van der Waals surface area contributed by atoms with Crippen LogP contribution in [0.2, 0.25) is 5.02 Å². The molecule has 0 unspecified atom stereocenters. The van der Waals surface area contributed by atoms with Gasteiger partial charge in [0.05, 0.1) is 23.4 Å². The van der Waals surface area contributed by atoms with Gasteiger partial charge in [0.1, 0.15) is 5.75 Å². The third-order valence-electron chi connectivity index (χ3n) is 3.82. The first-order chi connectivity index (χ1) is 11.6. The fourth-order valence-electron chi connectivity index (χ4n) is 2.58. The number of nitrogens with one attached hydrogen (secondary N) is 1. The maximum absolute atomic E-state index is 12.4. The molecule has 2 aromatic carbocycles. The summed E-state index contributed by atoms with van der Waals surface area (Å²) in [6.07, 6.45) is 4.12. The molecule has 6 heteroatoms. The predicted molar refractivity (Wildman–Crippen MR) is 96.7 cm³/mol. The lowest BCUT2D eigenvalue weighted by molar-refractivity contribution is 0.0949. The first-order valence-corrected chi connectivity index (χ1v) is 7.92. The van der Waals surface area contributed by atoms with Crippen molar-refractivity contribution in [1.82, 2.24) is 9.88 Å². The molecule has 0 saturated carbocycles. The summed E-state index contributed by atoms with van der Waals surface area (Å²) in [6.45, 7) is 1.16. The van der Waals surface area contributed by atoms with Crippen LogP contribution < -0.4 is 15.8 Å². The molecule has 1 heterocycles. The molecule has 0 aliphatic rings. The number of rotatable bonds is 5. The second-order valence-electron chi connectivity index (χ2n) is 5.45. The maximum atomic E-state index is 12.4. The summed E-state index contributed by atoms with van der Waals surface area (Å²) in [5, 5.41) is 5.56. The van der Waals surface area contributed by atoms with E-state index in [9.17, 15) is 4.79 Å². The highest BCUT2D eigenvalue weighted by molar-refractivity contribution is 6.33. The minimum Gasteiger partial charge on any atom is -0.496 e. The zero-order chi connectivity index (χ0) is 17.1. The summed E-state index contributed by atoms with van der Waals surface area (Å²) in [7, 11) is 1.49. The Morgan fingerprint density at radius 2 is 1.92 bits per heavy atom. The molecular weight excluding hydrogens is 326 g/mol. The summed E-state index contributed by atoms with van der Waals surface area (Å²) in [6, 6.07) is 11.2. The molecule has 0 aliphatic heterocycles. The van der Waals surface area contributed by atoms with E-state index in [1.54, 1.807) is 6.07 Å². The third kappa shape index (κ3) is 3.31. The first kappa shape index (κ1) is 16.2. The van der Waals surface area contributed by atoms with E-state index in [1.807, 2.05) is 12.1 Å². The second-order valence-corrected chi connectivity index (χ2v) is 5.86. The number of nitrogens with two attached hydrogens (primary N) is 1. The Bertz CT molecular complexity index is 856. The predicted octanol–water partition coefficient (Wildman–Crippen LogP) is 3.32. The Balaban J connectivity index is 1.66. The minimum atomic E-state index is -0.245. The average molecular weight is 344 g/mol. The zero-order valence-corrected chi connectivity index (χ0v) is 14.0. The summed E-state index contributed by atoms with van der Waals surface area (Å²) < 4.78 is 7.26. The molecule has 1 aromatic heterocycles. The van der Waals surface area contributed by atoms with Crippen LogP contribution in [0.1, 0.15) is 10.4 Å². The molecule has 0 aliphatic carbocycles. The number of anilines is 1. The number of fused-ring (bicyclic) bond motifs is 1. The Kier molecular flexibility index (Phi) is 4.62. The minimum absolute atomic E-state index is 0.245. The van der Waals surface area contributed by atoms with E-state index in [-0.39, 0.29) is 5.91 Å². The third-order valence-corrected chi connectivity index (χ3v) is 4.15. The highest BCUT2D eigenvalue weighted by Gasteiger charge is 2.14. The Morgan fingerprint density at radius 3 is 2.54 bits per heavy atom. The molecule has 0 fully saturated rings. The number of hydrogen-bond acceptors (Lipinski definition) is 3. The number of methoxy groups -OCH3 is 1. The van der Waals surface area contributed by atoms with Gasteiger partial charge in [0.15, 0.2) is 0 Å². The van der Waals surface area contributed by atoms with Crippen LogP contribution in [0.25, 0.3) is 10.8 Å². The van der Waals surface area contributed by atoms with Gasteiger partial charge in [0, 0.05) is 31.5 Å². The molecule has 3 rings (SSSR count). The number of halogens is 1. The van der Waals surface area contributed by atoms with Crippen LogP contribution >= 0.6 is 11.6 Å². The van der Waals surface area contributed by atoms with Crippen molar-refractivity contribution in [3.05, 3.63) is 59.4 Å². The van der Waals surface area contributed by atoms with Crippen molar-refractivity contribution in [2.75, 3.05) is 19.4 Å². The fraction of sp³-hybridized carbons (Fsp3) is 0.167. The Labute approximate surface area is 145 Å². The van der Waals surface area contributed by atoms with Gasteiger partial charge in [-0.15, -0.1) is 0 Å². The van der Waals surface area contributed by atoms with Crippen LogP contribution in [0, 0.1) is 0 Å². The highest BCUT2D eigenvalue weighted by atomic mass is 35.5. The van der Waals surface area contributed by atoms with Crippen molar-refractivity contribution in [3.63, 3.8) is 0 Å². The fourth-order valence-corrected chi connectivity index (χ4v) is 2.74. The number of aromatic nitrogens is 1. The van der Waals surface area contributed by atoms with Crippen LogP contribution in [0.15, 0.2) is 48.8 Å². The second kappa shape index (κ2) is 6.84. The lowest BCUT2D eigenvalue weighted by Crippen LogP contribution is -2.27. The molecule has 124 valence electrons. The molecule has 3 N–H and O–H groups in total. The number of benzene rings is 2. The van der Waals surface area contributed by atoms with E-state index < -0.39 is 0 Å². The van der Waals surface area contributed by atoms with Gasteiger partial charge < -0.3 is 20.4 Å². The molecule has 0 spiro atoms. The number of carbonyl (C=O) groups is 1. The smallest absolute Gasteiger partial charge is 0.255 e. The Hall–Kier alpha value is -2.66. The van der Waals surface area contributed by atoms with Crippen molar-refractivity contribution >= 4 is 34.0 Å². The van der Waals surface area contributed by atoms with E-state index >= 15 is 0 Å². The number of carbonyl (C=O) groups excluding carboxylic acids is 1. The van der Waals surface area contributed by atoms with E-state index in [4.69, 9.17) is 22.1 Å². The first-order valence-electron chi connectivity index (χ1n) is 7.54. The highest BCUT2D eigenvalue weighted by Crippen LogP contribution is 2.28. The monoisotopic (exact) mass is 343 g/mol. The van der Waals surface area contributed by atoms with Crippen molar-refractivity contribution < 1.29 is 9.53 Å². The molecule has 0 bridgehead atoms. The van der Waals surface area contributed by atoms with Crippen LogP contribution in [0.5, 0.6) is 5.75 Å². The molecular formula is C18H18ClN3O2. The largest absolute Gasteiger partial charge is 0.496 e. The average Bonchev–Trinajstić information content (AvgIpc) is 2.99. The van der Waals surface area contributed by atoms with E-state index in [1.165, 1.54) is 23.9 Å². The summed E-state index contributed by atoms with van der Waals surface area (Å²) in [4.78, 5) is 12.4. The van der Waals surface area contributed by atoms with Crippen LogP contribution in [0.3, 0.4) is 0 Å². The molecule has 0 radical (unpaired) electrons. The van der Waals surface area contributed by atoms with Gasteiger partial charge in [-0.3, -0.25) is 4.79 Å². The van der Waals surface area contributed by atoms with Gasteiger partial charge in [-0.1, -0.05) is 35.9 Å². The van der Waals surface area contributed by atoms with Crippen LogP contribution in [-0.2, 0) is 6.54 Å². The molecule has 0 saturated heterocycles. The molecule has 24 heavy (non-hydrogen) atoms. The lowest BCUT2D eigenvalue weighted by Gasteiger charge is -2.11. The number of nitrogens with zero attached hydrogens (tertiary/aromatic N) is 1. The number of nitrogen functional groups attached to an aromatic ring is 1. The topological polar surface area (TPSA) is 69.3 Å². The van der Waals surface area contributed by atoms with Gasteiger partial charge >= 0.3 is 0 Å². The van der Waals surface area contributed by atoms with Crippen molar-refractivity contribution in [1.29, 1.82) is 0 Å². The molecule has 1 amide bonds. The SMILES string of the molecule is COc1cc(N)c(Cl)cc1C(=O)NCCn1cc2ccccc2c1. The van der Waals surface area contributed by atoms with Crippen molar-refractivity contribution in [3.8, 4) is 5.75 Å². The number of ether oxygens (including phenoxy) is 1. The maximum Gasteiger partial charge on any atom is 0.255 e. The van der Waals surface area contributed by atoms with Gasteiger partial charge in [0.2, 0.25) is 0 Å². The summed E-state index contributed by atoms with van der Waals surface area (Å²) in [5.41, 5.74) is 6.48. The Morgan fingerprint density at radius 1 is 1.25 bits per heavy atom. The van der Waals surface area contributed by atoms with Crippen LogP contribution in [0.4, 0.5) is 5.69 Å². The van der Waals surface area contributed by atoms with Gasteiger partial charge in [-0.2, -0.15) is 0 Å². The summed E-state index contributed by atoms with van der Waals surface area (Å²) in [5.74, 6) is 0.159. The molecule has 3 aromatic rings. The summed E-state index contributed by atoms with van der Waals surface area (Å²) >= 11 is 6.00. The van der Waals surface area contributed by atoms with Crippen molar-refractivity contribution in [2.45, 2.75) is 6.54 Å². The quantitative estimate of drug-likeness (QED) is 0.698. The molecule has 0 atom stereocenters. The van der Waals surface area contributed by atoms with E-state index in [0.717, 1.165) is 0 Å². The normalized spacial score (nSPS) is 10.8. The van der Waals surface area contributed by atoms with Gasteiger partial charge in [0.25, 0.3) is 5.91 Å². The van der Waals surface area contributed by atoms with E-state index in [0.29, 0.717) is 35.1 Å². The standard InChI is InChI=1S/C18H18ClN3O2/c1-24-17-9-16(20)15(19)8-14(17)18(23)21-6-7-22-10-12-4-2-3-5-13(12)11-22/h2-5,8-11H,6-7,20H2,1H3,(H,21,23).